The van der Waals surface area contributed by atoms with E-state index < -0.39 is 10.0 Å². The van der Waals surface area contributed by atoms with Crippen LogP contribution in [0.2, 0.25) is 0 Å². The van der Waals surface area contributed by atoms with Gasteiger partial charge < -0.3 is 9.47 Å². The molecule has 0 radical (unpaired) electrons. The number of sulfonamides is 1. The molecular formula is C14H15BrN2O4S. The number of morpholine rings is 1. The van der Waals surface area contributed by atoms with Gasteiger partial charge in [0.1, 0.15) is 0 Å². The summed E-state index contributed by atoms with van der Waals surface area (Å²) >= 11 is 3.26. The van der Waals surface area contributed by atoms with Gasteiger partial charge in [0.15, 0.2) is 0 Å². The van der Waals surface area contributed by atoms with Crippen molar-refractivity contribution in [3.63, 3.8) is 0 Å². The van der Waals surface area contributed by atoms with Crippen molar-refractivity contribution in [2.45, 2.75) is 23.5 Å². The predicted octanol–water partition coefficient (Wildman–Crippen LogP) is 1.50. The minimum absolute atomic E-state index is 0.115. The lowest BCUT2D eigenvalue weighted by Gasteiger charge is -2.42. The van der Waals surface area contributed by atoms with Crippen LogP contribution >= 0.6 is 15.9 Å². The smallest absolute Gasteiger partial charge is 0.243 e. The van der Waals surface area contributed by atoms with Crippen molar-refractivity contribution >= 4 is 26.0 Å². The summed E-state index contributed by atoms with van der Waals surface area (Å²) in [5.41, 5.74) is 0.303. The third-order valence-corrected chi connectivity index (χ3v) is 6.25. The summed E-state index contributed by atoms with van der Waals surface area (Å²) in [7, 11) is -3.70. The van der Waals surface area contributed by atoms with Crippen LogP contribution in [-0.4, -0.2) is 51.2 Å². The van der Waals surface area contributed by atoms with Crippen LogP contribution in [0.5, 0.6) is 0 Å². The molecule has 3 rings (SSSR count). The number of rotatable bonds is 2. The predicted molar refractivity (Wildman–Crippen MR) is 81.7 cm³/mol. The highest BCUT2D eigenvalue weighted by atomic mass is 79.9. The lowest BCUT2D eigenvalue weighted by atomic mass is 10.1. The molecule has 22 heavy (non-hydrogen) atoms. The standard InChI is InChI=1S/C14H15BrN2O4S/c15-11-5-10(8-16)6-12(7-11)22(18,19)17-2-4-21-14-1-3-20-9-13(14)17/h5-7,13-14H,1-4,9H2. The Morgan fingerprint density at radius 1 is 1.32 bits per heavy atom. The molecule has 2 aliphatic heterocycles. The lowest BCUT2D eigenvalue weighted by Crippen LogP contribution is -2.57. The van der Waals surface area contributed by atoms with Crippen molar-refractivity contribution in [3.05, 3.63) is 28.2 Å². The van der Waals surface area contributed by atoms with Crippen molar-refractivity contribution in [1.29, 1.82) is 5.26 Å². The molecule has 0 saturated carbocycles. The Hall–Kier alpha value is -0.980. The number of nitriles is 1. The van der Waals surface area contributed by atoms with Crippen molar-refractivity contribution in [1.82, 2.24) is 4.31 Å². The van der Waals surface area contributed by atoms with Gasteiger partial charge in [-0.25, -0.2) is 8.42 Å². The van der Waals surface area contributed by atoms with E-state index >= 15 is 0 Å². The first-order valence-corrected chi connectivity index (χ1v) is 9.17. The summed E-state index contributed by atoms with van der Waals surface area (Å²) in [6.45, 7) is 1.59. The van der Waals surface area contributed by atoms with Crippen molar-refractivity contribution in [3.8, 4) is 6.07 Å². The number of fused-ring (bicyclic) bond motifs is 1. The van der Waals surface area contributed by atoms with E-state index in [1.807, 2.05) is 6.07 Å². The number of nitrogens with zero attached hydrogens (tertiary/aromatic N) is 2. The van der Waals surface area contributed by atoms with Gasteiger partial charge in [-0.05, 0) is 24.6 Å². The van der Waals surface area contributed by atoms with E-state index in [0.29, 0.717) is 42.8 Å². The molecule has 2 aliphatic rings. The van der Waals surface area contributed by atoms with Gasteiger partial charge >= 0.3 is 0 Å². The fraction of sp³-hybridized carbons (Fsp3) is 0.500. The van der Waals surface area contributed by atoms with Crippen LogP contribution in [0, 0.1) is 11.3 Å². The second kappa shape index (κ2) is 6.26. The third-order valence-electron chi connectivity index (χ3n) is 3.88. The van der Waals surface area contributed by atoms with E-state index in [-0.39, 0.29) is 17.0 Å². The van der Waals surface area contributed by atoms with Crippen LogP contribution in [0.1, 0.15) is 12.0 Å². The Labute approximate surface area is 137 Å². The van der Waals surface area contributed by atoms with Gasteiger partial charge in [0.05, 0.1) is 41.9 Å². The Morgan fingerprint density at radius 2 is 2.14 bits per heavy atom. The van der Waals surface area contributed by atoms with Gasteiger partial charge in [-0.2, -0.15) is 9.57 Å². The molecule has 1 aromatic rings. The molecule has 0 N–H and O–H groups in total. The second-order valence-electron chi connectivity index (χ2n) is 5.24. The zero-order chi connectivity index (χ0) is 15.7. The fourth-order valence-corrected chi connectivity index (χ4v) is 5.17. The van der Waals surface area contributed by atoms with Crippen LogP contribution in [0.3, 0.4) is 0 Å². The minimum atomic E-state index is -3.70. The molecule has 118 valence electrons. The van der Waals surface area contributed by atoms with Gasteiger partial charge in [-0.3, -0.25) is 0 Å². The highest BCUT2D eigenvalue weighted by Gasteiger charge is 2.41. The van der Waals surface area contributed by atoms with Gasteiger partial charge in [0, 0.05) is 17.6 Å². The number of ether oxygens (including phenoxy) is 2. The molecule has 6 nitrogen and oxygen atoms in total. The van der Waals surface area contributed by atoms with Crippen LogP contribution in [-0.2, 0) is 19.5 Å². The lowest BCUT2D eigenvalue weighted by molar-refractivity contribution is -0.107. The molecule has 0 spiro atoms. The van der Waals surface area contributed by atoms with Crippen LogP contribution in [0.4, 0.5) is 0 Å². The summed E-state index contributed by atoms with van der Waals surface area (Å²) in [5.74, 6) is 0. The quantitative estimate of drug-likeness (QED) is 0.769. The molecule has 2 unspecified atom stereocenters. The van der Waals surface area contributed by atoms with E-state index in [1.54, 1.807) is 6.07 Å². The number of benzene rings is 1. The average molecular weight is 387 g/mol. The topological polar surface area (TPSA) is 79.6 Å². The molecule has 0 aliphatic carbocycles. The van der Waals surface area contributed by atoms with E-state index in [2.05, 4.69) is 15.9 Å². The molecule has 0 amide bonds. The van der Waals surface area contributed by atoms with E-state index in [1.165, 1.54) is 16.4 Å². The van der Waals surface area contributed by atoms with Gasteiger partial charge in [0.25, 0.3) is 0 Å². The first-order valence-electron chi connectivity index (χ1n) is 6.94. The molecule has 0 aromatic heterocycles. The Bertz CT molecular complexity index is 714. The zero-order valence-electron chi connectivity index (χ0n) is 11.7. The maximum absolute atomic E-state index is 12.9. The monoisotopic (exact) mass is 386 g/mol. The maximum atomic E-state index is 12.9. The van der Waals surface area contributed by atoms with E-state index in [0.717, 1.165) is 0 Å². The Morgan fingerprint density at radius 3 is 2.91 bits per heavy atom. The second-order valence-corrected chi connectivity index (χ2v) is 8.05. The fourth-order valence-electron chi connectivity index (χ4n) is 2.84. The minimum Gasteiger partial charge on any atom is -0.380 e. The number of hydrogen-bond acceptors (Lipinski definition) is 5. The highest BCUT2D eigenvalue weighted by Crippen LogP contribution is 2.29. The molecule has 0 bridgehead atoms. The molecule has 1 aromatic carbocycles. The van der Waals surface area contributed by atoms with Crippen LogP contribution in [0.25, 0.3) is 0 Å². The third kappa shape index (κ3) is 2.92. The molecule has 2 atom stereocenters. The Balaban J connectivity index is 1.98. The highest BCUT2D eigenvalue weighted by molar-refractivity contribution is 9.10. The molecule has 2 fully saturated rings. The SMILES string of the molecule is N#Cc1cc(Br)cc(S(=O)(=O)N2CCOC3CCOCC32)c1. The summed E-state index contributed by atoms with van der Waals surface area (Å²) in [4.78, 5) is 0.115. The van der Waals surface area contributed by atoms with Gasteiger partial charge in [-0.1, -0.05) is 15.9 Å². The maximum Gasteiger partial charge on any atom is 0.243 e. The van der Waals surface area contributed by atoms with Crippen molar-refractivity contribution < 1.29 is 17.9 Å². The molecule has 2 saturated heterocycles. The first-order chi connectivity index (χ1) is 10.5. The normalized spacial score (nSPS) is 26.2. The van der Waals surface area contributed by atoms with Crippen molar-refractivity contribution in [2.75, 3.05) is 26.4 Å². The number of hydrogen-bond donors (Lipinski definition) is 0. The largest absolute Gasteiger partial charge is 0.380 e. The molecular weight excluding hydrogens is 372 g/mol. The number of halogens is 1. The van der Waals surface area contributed by atoms with Crippen molar-refractivity contribution in [2.24, 2.45) is 0 Å². The first kappa shape index (κ1) is 15.9. The molecule has 2 heterocycles. The average Bonchev–Trinajstić information content (AvgIpc) is 2.53. The van der Waals surface area contributed by atoms with Gasteiger partial charge in [0.2, 0.25) is 10.0 Å². The molecule has 8 heteroatoms. The van der Waals surface area contributed by atoms with Crippen LogP contribution in [0.15, 0.2) is 27.6 Å². The summed E-state index contributed by atoms with van der Waals surface area (Å²) in [5, 5.41) is 9.03. The van der Waals surface area contributed by atoms with E-state index in [9.17, 15) is 8.42 Å². The summed E-state index contributed by atoms with van der Waals surface area (Å²) in [6, 6.07) is 6.17. The zero-order valence-corrected chi connectivity index (χ0v) is 14.1. The summed E-state index contributed by atoms with van der Waals surface area (Å²) < 4.78 is 39.0. The Kier molecular flexibility index (Phi) is 4.52. The van der Waals surface area contributed by atoms with E-state index in [4.69, 9.17) is 14.7 Å². The van der Waals surface area contributed by atoms with Crippen LogP contribution < -0.4 is 0 Å². The summed E-state index contributed by atoms with van der Waals surface area (Å²) in [6.07, 6.45) is 0.568. The van der Waals surface area contributed by atoms with Gasteiger partial charge in [-0.15, -0.1) is 0 Å².